The van der Waals surface area contributed by atoms with Gasteiger partial charge in [-0.15, -0.1) is 0 Å². The van der Waals surface area contributed by atoms with Crippen molar-refractivity contribution in [1.29, 1.82) is 0 Å². The second kappa shape index (κ2) is 13.1. The highest BCUT2D eigenvalue weighted by Crippen LogP contribution is 2.54. The first-order chi connectivity index (χ1) is 19.8. The third-order valence-electron chi connectivity index (χ3n) is 10.1. The van der Waals surface area contributed by atoms with Gasteiger partial charge in [-0.1, -0.05) is 48.9 Å². The van der Waals surface area contributed by atoms with Crippen molar-refractivity contribution in [2.24, 2.45) is 5.92 Å². The van der Waals surface area contributed by atoms with Crippen LogP contribution in [0.2, 0.25) is 0 Å². The van der Waals surface area contributed by atoms with E-state index in [1.807, 2.05) is 37.3 Å². The van der Waals surface area contributed by atoms with Crippen molar-refractivity contribution in [1.82, 2.24) is 9.80 Å². The van der Waals surface area contributed by atoms with Crippen molar-refractivity contribution in [3.63, 3.8) is 0 Å². The summed E-state index contributed by atoms with van der Waals surface area (Å²) in [6, 6.07) is 18.8. The Balaban J connectivity index is 1.29. The molecule has 3 fully saturated rings. The number of unbranched alkanes of at least 4 members (excludes halogenated alkanes) is 2. The molecule has 1 aliphatic heterocycles. The molecule has 0 spiro atoms. The van der Waals surface area contributed by atoms with Crippen molar-refractivity contribution < 1.29 is 19.1 Å². The maximum Gasteiger partial charge on any atom is 0.308 e. The summed E-state index contributed by atoms with van der Waals surface area (Å²) in [6.45, 7) is 4.52. The van der Waals surface area contributed by atoms with Crippen LogP contribution in [0.1, 0.15) is 82.3 Å². The van der Waals surface area contributed by atoms with E-state index in [1.54, 1.807) is 0 Å². The van der Waals surface area contributed by atoms with Crippen LogP contribution in [0, 0.1) is 5.92 Å². The first-order valence-electron chi connectivity index (χ1n) is 15.7. The molecule has 2 aromatic carbocycles. The van der Waals surface area contributed by atoms with E-state index < -0.39 is 0 Å². The smallest absolute Gasteiger partial charge is 0.308 e. The zero-order valence-corrected chi connectivity index (χ0v) is 25.3. The van der Waals surface area contributed by atoms with E-state index in [2.05, 4.69) is 41.3 Å². The van der Waals surface area contributed by atoms with Crippen LogP contribution in [0.15, 0.2) is 54.6 Å². The van der Waals surface area contributed by atoms with Crippen molar-refractivity contribution in [2.45, 2.75) is 94.6 Å². The Morgan fingerprint density at radius 3 is 2.54 bits per heavy atom. The molecule has 3 aliphatic rings. The summed E-state index contributed by atoms with van der Waals surface area (Å²) < 4.78 is 12.1. The van der Waals surface area contributed by atoms with Gasteiger partial charge in [-0.05, 0) is 93.5 Å². The van der Waals surface area contributed by atoms with Gasteiger partial charge < -0.3 is 19.3 Å². The van der Waals surface area contributed by atoms with Crippen LogP contribution in [0.3, 0.4) is 0 Å². The molecule has 1 amide bonds. The van der Waals surface area contributed by atoms with Crippen LogP contribution in [0.4, 0.5) is 0 Å². The van der Waals surface area contributed by atoms with Crippen molar-refractivity contribution in [3.8, 4) is 5.75 Å². The number of hydrogen-bond acceptors (Lipinski definition) is 5. The van der Waals surface area contributed by atoms with Crippen LogP contribution in [0.5, 0.6) is 5.75 Å². The molecule has 6 nitrogen and oxygen atoms in total. The summed E-state index contributed by atoms with van der Waals surface area (Å²) >= 11 is 0. The van der Waals surface area contributed by atoms with E-state index in [9.17, 15) is 9.59 Å². The fourth-order valence-corrected chi connectivity index (χ4v) is 7.55. The number of methoxy groups -OCH3 is 1. The topological polar surface area (TPSA) is 59.1 Å². The molecule has 0 bridgehead atoms. The van der Waals surface area contributed by atoms with E-state index in [0.717, 1.165) is 82.5 Å². The summed E-state index contributed by atoms with van der Waals surface area (Å²) in [4.78, 5) is 29.8. The quantitative estimate of drug-likeness (QED) is 0.177. The number of amides is 1. The lowest BCUT2D eigenvalue weighted by atomic mass is 9.55. The predicted octanol–water partition coefficient (Wildman–Crippen LogP) is 6.16. The van der Waals surface area contributed by atoms with Crippen LogP contribution in [0.25, 0.3) is 0 Å². The molecule has 5 rings (SSSR count). The molecule has 0 unspecified atom stereocenters. The number of carbonyl (C=O) groups excluding carboxylic acids is 2. The van der Waals surface area contributed by atoms with Gasteiger partial charge >= 0.3 is 5.97 Å². The number of hydrogen-bond donors (Lipinski definition) is 0. The summed E-state index contributed by atoms with van der Waals surface area (Å²) in [7, 11) is 3.87. The van der Waals surface area contributed by atoms with Gasteiger partial charge in [-0.2, -0.15) is 0 Å². The highest BCUT2D eigenvalue weighted by molar-refractivity contribution is 5.76. The minimum Gasteiger partial charge on any atom is -0.427 e. The summed E-state index contributed by atoms with van der Waals surface area (Å²) in [5.41, 5.74) is 1.93. The molecule has 41 heavy (non-hydrogen) atoms. The Bertz CT molecular complexity index is 1180. The van der Waals surface area contributed by atoms with Crippen LogP contribution >= 0.6 is 0 Å². The average Bonchev–Trinajstić information content (AvgIpc) is 3.80. The molecule has 0 radical (unpaired) electrons. The Labute approximate surface area is 246 Å². The summed E-state index contributed by atoms with van der Waals surface area (Å²) in [6.07, 6.45) is 11.1. The number of ether oxygens (including phenoxy) is 2. The number of likely N-dealkylation sites (tertiary alicyclic amines) is 1. The van der Waals surface area contributed by atoms with Crippen LogP contribution in [-0.4, -0.2) is 67.1 Å². The number of fused-ring (bicyclic) bond motifs is 1. The first-order valence-corrected chi connectivity index (χ1v) is 15.7. The zero-order chi connectivity index (χ0) is 28.9. The molecule has 6 heteroatoms. The molecule has 2 aromatic rings. The van der Waals surface area contributed by atoms with Gasteiger partial charge in [0.05, 0.1) is 5.60 Å². The van der Waals surface area contributed by atoms with Gasteiger partial charge in [-0.3, -0.25) is 9.59 Å². The SMILES string of the molecule is CO[C@]12CC[C@H](N(C)C(=O)CCCCCc3ccccc3)C[C@]1(c1cccc(OC(C)=O)c1)CCN(CC1CC1)C2. The molecule has 222 valence electrons. The third-order valence-corrected chi connectivity index (χ3v) is 10.1. The molecule has 2 aliphatic carbocycles. The molecule has 0 aromatic heterocycles. The number of rotatable bonds is 12. The second-order valence-electron chi connectivity index (χ2n) is 12.8. The Morgan fingerprint density at radius 1 is 1.00 bits per heavy atom. The molecule has 3 atom stereocenters. The number of nitrogens with zero attached hydrogens (tertiary/aromatic N) is 2. The standard InChI is InChI=1S/C35H48N2O4/c1-27(38)41-32-15-10-14-30(23-32)34-21-22-37(25-29-17-18-29)26-35(34,40-3)20-19-31(24-34)36(2)33(39)16-9-5-8-13-28-11-6-4-7-12-28/h4,6-7,10-12,14-15,23,29,31H,5,8-9,13,16-22,24-26H2,1-3H3/t31-,34-,35-/m0/s1. The van der Waals surface area contributed by atoms with Crippen molar-refractivity contribution in [3.05, 3.63) is 65.7 Å². The number of carbonyl (C=O) groups is 2. The van der Waals surface area contributed by atoms with Crippen molar-refractivity contribution in [2.75, 3.05) is 33.8 Å². The fraction of sp³-hybridized carbons (Fsp3) is 0.600. The lowest BCUT2D eigenvalue weighted by Crippen LogP contribution is -2.68. The maximum absolute atomic E-state index is 13.4. The van der Waals surface area contributed by atoms with Crippen LogP contribution in [-0.2, 0) is 26.2 Å². The normalized spacial score (nSPS) is 26.3. The number of aryl methyl sites for hydroxylation is 1. The minimum atomic E-state index is -0.340. The Morgan fingerprint density at radius 2 is 1.80 bits per heavy atom. The van der Waals surface area contributed by atoms with E-state index in [1.165, 1.54) is 25.3 Å². The van der Waals surface area contributed by atoms with E-state index in [4.69, 9.17) is 9.47 Å². The molecule has 1 heterocycles. The Kier molecular flexibility index (Phi) is 9.50. The fourth-order valence-electron chi connectivity index (χ4n) is 7.55. The number of piperidine rings is 1. The van der Waals surface area contributed by atoms with E-state index in [0.29, 0.717) is 12.2 Å². The first kappa shape index (κ1) is 29.8. The monoisotopic (exact) mass is 560 g/mol. The molecular weight excluding hydrogens is 512 g/mol. The predicted molar refractivity (Wildman–Crippen MR) is 162 cm³/mol. The lowest BCUT2D eigenvalue weighted by molar-refractivity contribution is -0.160. The van der Waals surface area contributed by atoms with Gasteiger partial charge in [0, 0.05) is 52.0 Å². The third kappa shape index (κ3) is 6.86. The second-order valence-corrected chi connectivity index (χ2v) is 12.8. The van der Waals surface area contributed by atoms with E-state index >= 15 is 0 Å². The zero-order valence-electron chi connectivity index (χ0n) is 25.3. The molecule has 0 N–H and O–H groups in total. The molecule has 2 saturated carbocycles. The molecular formula is C35H48N2O4. The summed E-state index contributed by atoms with van der Waals surface area (Å²) in [5, 5.41) is 0. The van der Waals surface area contributed by atoms with E-state index in [-0.39, 0.29) is 28.9 Å². The molecule has 1 saturated heterocycles. The maximum atomic E-state index is 13.4. The van der Waals surface area contributed by atoms with Gasteiger partial charge in [0.15, 0.2) is 0 Å². The van der Waals surface area contributed by atoms with Gasteiger partial charge in [0.25, 0.3) is 0 Å². The lowest BCUT2D eigenvalue weighted by Gasteiger charge is -2.60. The number of benzene rings is 2. The Hall–Kier alpha value is -2.70. The largest absolute Gasteiger partial charge is 0.427 e. The van der Waals surface area contributed by atoms with Crippen LogP contribution < -0.4 is 4.74 Å². The highest BCUT2D eigenvalue weighted by atomic mass is 16.5. The average molecular weight is 561 g/mol. The minimum absolute atomic E-state index is 0.155. The van der Waals surface area contributed by atoms with Gasteiger partial charge in [-0.25, -0.2) is 0 Å². The van der Waals surface area contributed by atoms with Crippen molar-refractivity contribution >= 4 is 11.9 Å². The summed E-state index contributed by atoms with van der Waals surface area (Å²) in [5.74, 6) is 1.34. The number of esters is 1. The van der Waals surface area contributed by atoms with Gasteiger partial charge in [0.1, 0.15) is 5.75 Å². The van der Waals surface area contributed by atoms with Gasteiger partial charge in [0.2, 0.25) is 5.91 Å². The highest BCUT2D eigenvalue weighted by Gasteiger charge is 2.59.